The molecule has 0 N–H and O–H groups in total. The number of carbonyl (C=O) groups excluding carboxylic acids is 2. The zero-order valence-corrected chi connectivity index (χ0v) is 14.5. The second-order valence-electron chi connectivity index (χ2n) is 6.91. The van der Waals surface area contributed by atoms with Gasteiger partial charge in [-0.25, -0.2) is 14.0 Å². The molecule has 1 aromatic rings. The van der Waals surface area contributed by atoms with Crippen molar-refractivity contribution in [3.05, 3.63) is 35.6 Å². The minimum atomic E-state index is -0.859. The van der Waals surface area contributed by atoms with Crippen LogP contribution in [0.4, 0.5) is 4.39 Å². The number of hydrogen-bond acceptors (Lipinski definition) is 4. The summed E-state index contributed by atoms with van der Waals surface area (Å²) in [6.07, 6.45) is 2.86. The van der Waals surface area contributed by atoms with E-state index in [0.29, 0.717) is 17.8 Å². The maximum Gasteiger partial charge on any atom is 0.344 e. The lowest BCUT2D eigenvalue weighted by Crippen LogP contribution is -2.36. The fraction of sp³-hybridized carbons (Fsp3) is 0.579. The van der Waals surface area contributed by atoms with Crippen LogP contribution in [0.3, 0.4) is 0 Å². The first-order valence-electron chi connectivity index (χ1n) is 8.49. The van der Waals surface area contributed by atoms with E-state index in [2.05, 4.69) is 20.8 Å². The van der Waals surface area contributed by atoms with Gasteiger partial charge in [0.05, 0.1) is 5.56 Å². The lowest BCUT2D eigenvalue weighted by molar-refractivity contribution is -0.159. The van der Waals surface area contributed by atoms with E-state index in [1.807, 2.05) is 0 Å². The summed E-state index contributed by atoms with van der Waals surface area (Å²) in [4.78, 5) is 23.8. The Morgan fingerprint density at radius 2 is 1.96 bits per heavy atom. The van der Waals surface area contributed by atoms with E-state index in [4.69, 9.17) is 9.47 Å². The van der Waals surface area contributed by atoms with Gasteiger partial charge in [0.25, 0.3) is 0 Å². The summed E-state index contributed by atoms with van der Waals surface area (Å²) < 4.78 is 23.9. The molecule has 1 aromatic carbocycles. The molecule has 1 fully saturated rings. The van der Waals surface area contributed by atoms with Crippen molar-refractivity contribution in [1.29, 1.82) is 0 Å². The Morgan fingerprint density at radius 3 is 2.62 bits per heavy atom. The van der Waals surface area contributed by atoms with Crippen molar-refractivity contribution in [1.82, 2.24) is 0 Å². The Balaban J connectivity index is 1.88. The molecule has 0 unspecified atom stereocenters. The Morgan fingerprint density at radius 1 is 1.25 bits per heavy atom. The fourth-order valence-electron chi connectivity index (χ4n) is 3.28. The molecule has 0 amide bonds. The van der Waals surface area contributed by atoms with Gasteiger partial charge in [0, 0.05) is 0 Å². The van der Waals surface area contributed by atoms with Crippen LogP contribution in [-0.2, 0) is 14.3 Å². The van der Waals surface area contributed by atoms with Crippen molar-refractivity contribution in [3.63, 3.8) is 0 Å². The topological polar surface area (TPSA) is 52.6 Å². The van der Waals surface area contributed by atoms with Crippen molar-refractivity contribution in [3.8, 4) is 0 Å². The molecule has 132 valence electrons. The molecule has 3 atom stereocenters. The van der Waals surface area contributed by atoms with Gasteiger partial charge in [0.15, 0.2) is 6.61 Å². The average Bonchev–Trinajstić information content (AvgIpc) is 2.53. The molecule has 0 saturated heterocycles. The third-order valence-electron chi connectivity index (χ3n) is 4.66. The molecule has 0 radical (unpaired) electrons. The van der Waals surface area contributed by atoms with E-state index in [1.54, 1.807) is 0 Å². The molecule has 1 aliphatic carbocycles. The maximum absolute atomic E-state index is 13.5. The minimum Gasteiger partial charge on any atom is -0.460 e. The van der Waals surface area contributed by atoms with Gasteiger partial charge >= 0.3 is 11.9 Å². The summed E-state index contributed by atoms with van der Waals surface area (Å²) >= 11 is 0. The number of esters is 2. The Labute approximate surface area is 142 Å². The van der Waals surface area contributed by atoms with Crippen LogP contribution in [-0.4, -0.2) is 24.6 Å². The number of hydrogen-bond donors (Lipinski definition) is 0. The summed E-state index contributed by atoms with van der Waals surface area (Å²) in [5.74, 6) is -0.841. The molecule has 5 heteroatoms. The summed E-state index contributed by atoms with van der Waals surface area (Å²) in [6.45, 7) is 5.90. The average molecular weight is 336 g/mol. The first kappa shape index (κ1) is 18.4. The van der Waals surface area contributed by atoms with Crippen LogP contribution in [0, 0.1) is 23.6 Å². The van der Waals surface area contributed by atoms with Crippen LogP contribution in [0.1, 0.15) is 50.4 Å². The minimum absolute atomic E-state index is 0.145. The van der Waals surface area contributed by atoms with E-state index >= 15 is 0 Å². The molecular formula is C19H25FO4. The fourth-order valence-corrected chi connectivity index (χ4v) is 3.28. The number of halogens is 1. The van der Waals surface area contributed by atoms with Crippen LogP contribution in [0.15, 0.2) is 24.3 Å². The number of ether oxygens (including phenoxy) is 2. The highest BCUT2D eigenvalue weighted by Gasteiger charge is 2.33. The van der Waals surface area contributed by atoms with Crippen molar-refractivity contribution in [2.24, 2.45) is 17.8 Å². The van der Waals surface area contributed by atoms with E-state index < -0.39 is 24.4 Å². The molecule has 1 aliphatic rings. The molecule has 0 heterocycles. The SMILES string of the molecule is CC(C)[C@@H]1CC[C@@H](C)C[C@@H]1OC(=O)COC(=O)c1ccccc1F. The Kier molecular flexibility index (Phi) is 6.35. The Bertz CT molecular complexity index is 584. The van der Waals surface area contributed by atoms with E-state index in [0.717, 1.165) is 19.3 Å². The highest BCUT2D eigenvalue weighted by molar-refractivity contribution is 5.91. The van der Waals surface area contributed by atoms with Crippen LogP contribution in [0.5, 0.6) is 0 Å². The van der Waals surface area contributed by atoms with Gasteiger partial charge in [-0.15, -0.1) is 0 Å². The Hall–Kier alpha value is -1.91. The molecule has 1 saturated carbocycles. The van der Waals surface area contributed by atoms with Crippen LogP contribution in [0.25, 0.3) is 0 Å². The molecule has 24 heavy (non-hydrogen) atoms. The second-order valence-corrected chi connectivity index (χ2v) is 6.91. The highest BCUT2D eigenvalue weighted by atomic mass is 19.1. The molecule has 0 aromatic heterocycles. The predicted octanol–water partition coefficient (Wildman–Crippen LogP) is 3.99. The zero-order chi connectivity index (χ0) is 17.7. The molecule has 4 nitrogen and oxygen atoms in total. The summed E-state index contributed by atoms with van der Waals surface area (Å²) in [6, 6.07) is 5.51. The summed E-state index contributed by atoms with van der Waals surface area (Å²) in [5, 5.41) is 0. The number of benzene rings is 1. The van der Waals surface area contributed by atoms with Gasteiger partial charge in [-0.05, 0) is 42.7 Å². The van der Waals surface area contributed by atoms with Crippen LogP contribution >= 0.6 is 0 Å². The third kappa shape index (κ3) is 4.79. The van der Waals surface area contributed by atoms with Crippen LogP contribution in [0.2, 0.25) is 0 Å². The molecule has 0 spiro atoms. The quantitative estimate of drug-likeness (QED) is 0.763. The van der Waals surface area contributed by atoms with Gasteiger partial charge in [0.1, 0.15) is 11.9 Å². The zero-order valence-electron chi connectivity index (χ0n) is 14.5. The molecule has 2 rings (SSSR count). The maximum atomic E-state index is 13.5. The number of rotatable bonds is 5. The van der Waals surface area contributed by atoms with Crippen molar-refractivity contribution in [2.45, 2.75) is 46.1 Å². The van der Waals surface area contributed by atoms with Crippen LogP contribution < -0.4 is 0 Å². The lowest BCUT2D eigenvalue weighted by Gasteiger charge is -2.36. The first-order valence-corrected chi connectivity index (χ1v) is 8.49. The largest absolute Gasteiger partial charge is 0.460 e. The van der Waals surface area contributed by atoms with Gasteiger partial charge in [-0.1, -0.05) is 39.3 Å². The van der Waals surface area contributed by atoms with Gasteiger partial charge in [0.2, 0.25) is 0 Å². The predicted molar refractivity (Wildman–Crippen MR) is 87.9 cm³/mol. The van der Waals surface area contributed by atoms with Crippen molar-refractivity contribution < 1.29 is 23.5 Å². The second kappa shape index (κ2) is 8.27. The number of carbonyl (C=O) groups is 2. The van der Waals surface area contributed by atoms with Gasteiger partial charge in [-0.3, -0.25) is 0 Å². The molecule has 0 bridgehead atoms. The summed E-state index contributed by atoms with van der Waals surface area (Å²) in [5.41, 5.74) is -0.184. The van der Waals surface area contributed by atoms with E-state index in [1.165, 1.54) is 24.3 Å². The molecular weight excluding hydrogens is 311 g/mol. The molecule has 0 aliphatic heterocycles. The van der Waals surface area contributed by atoms with E-state index in [9.17, 15) is 14.0 Å². The normalized spacial score (nSPS) is 23.8. The van der Waals surface area contributed by atoms with Gasteiger partial charge < -0.3 is 9.47 Å². The standard InChI is InChI=1S/C19H25FO4/c1-12(2)14-9-8-13(3)10-17(14)24-18(21)11-23-19(22)15-6-4-5-7-16(15)20/h4-7,12-14,17H,8-11H2,1-3H3/t13-,14+,17+/m1/s1. The van der Waals surface area contributed by atoms with Crippen molar-refractivity contribution >= 4 is 11.9 Å². The van der Waals surface area contributed by atoms with Gasteiger partial charge in [-0.2, -0.15) is 0 Å². The third-order valence-corrected chi connectivity index (χ3v) is 4.66. The summed E-state index contributed by atoms with van der Waals surface area (Å²) in [7, 11) is 0. The monoisotopic (exact) mass is 336 g/mol. The van der Waals surface area contributed by atoms with Crippen molar-refractivity contribution in [2.75, 3.05) is 6.61 Å². The lowest BCUT2D eigenvalue weighted by atomic mass is 9.75. The smallest absolute Gasteiger partial charge is 0.344 e. The van der Waals surface area contributed by atoms with E-state index in [-0.39, 0.29) is 11.7 Å². The highest BCUT2D eigenvalue weighted by Crippen LogP contribution is 2.35. The first-order chi connectivity index (χ1) is 11.4.